The van der Waals surface area contributed by atoms with E-state index in [1.807, 2.05) is 42.8 Å². The smallest absolute Gasteiger partial charge is 0.237 e. The second-order valence-corrected chi connectivity index (χ2v) is 7.66. The van der Waals surface area contributed by atoms with E-state index >= 15 is 0 Å². The first-order chi connectivity index (χ1) is 10.5. The maximum Gasteiger partial charge on any atom is 0.237 e. The van der Waals surface area contributed by atoms with Crippen LogP contribution in [0.3, 0.4) is 0 Å². The minimum absolute atomic E-state index is 0.0425. The van der Waals surface area contributed by atoms with Gasteiger partial charge < -0.3 is 9.88 Å². The molecule has 2 aromatic rings. The first kappa shape index (κ1) is 15.6. The van der Waals surface area contributed by atoms with E-state index in [9.17, 15) is 4.79 Å². The topological polar surface area (TPSA) is 59.8 Å². The molecule has 1 atom stereocenters. The van der Waals surface area contributed by atoms with Crippen molar-refractivity contribution in [3.05, 3.63) is 34.6 Å². The Labute approximate surface area is 142 Å². The summed E-state index contributed by atoms with van der Waals surface area (Å²) in [6, 6.07) is 7.56. The molecule has 1 aromatic heterocycles. The average molecular weight is 381 g/mol. The van der Waals surface area contributed by atoms with Crippen molar-refractivity contribution in [1.29, 1.82) is 0 Å². The molecule has 1 fully saturated rings. The number of nitrogens with one attached hydrogen (secondary N) is 1. The summed E-state index contributed by atoms with van der Waals surface area (Å²) in [6.07, 6.45) is 2.38. The maximum atomic E-state index is 12.3. The predicted molar refractivity (Wildman–Crippen MR) is 91.1 cm³/mol. The van der Waals surface area contributed by atoms with Crippen molar-refractivity contribution in [2.45, 2.75) is 36.1 Å². The Hall–Kier alpha value is -1.34. The molecule has 0 unspecified atom stereocenters. The lowest BCUT2D eigenvalue weighted by Gasteiger charge is -2.11. The Morgan fingerprint density at radius 2 is 2.23 bits per heavy atom. The van der Waals surface area contributed by atoms with Crippen LogP contribution in [0.5, 0.6) is 0 Å². The highest BCUT2D eigenvalue weighted by Crippen LogP contribution is 2.39. The molecule has 0 radical (unpaired) electrons. The summed E-state index contributed by atoms with van der Waals surface area (Å²) in [6.45, 7) is 1.88. The quantitative estimate of drug-likeness (QED) is 0.805. The molecule has 1 amide bonds. The molecule has 0 saturated heterocycles. The zero-order chi connectivity index (χ0) is 15.7. The van der Waals surface area contributed by atoms with Gasteiger partial charge in [0.1, 0.15) is 5.82 Å². The third-order valence-electron chi connectivity index (χ3n) is 3.55. The summed E-state index contributed by atoms with van der Waals surface area (Å²) in [4.78, 5) is 12.3. The van der Waals surface area contributed by atoms with Gasteiger partial charge in [0.05, 0.1) is 5.25 Å². The molecule has 7 heteroatoms. The third kappa shape index (κ3) is 3.52. The fourth-order valence-corrected chi connectivity index (χ4v) is 3.37. The molecule has 5 nitrogen and oxygen atoms in total. The summed E-state index contributed by atoms with van der Waals surface area (Å²) in [5, 5.41) is 11.9. The minimum Gasteiger partial charge on any atom is -0.325 e. The molecule has 22 heavy (non-hydrogen) atoms. The van der Waals surface area contributed by atoms with E-state index in [1.54, 1.807) is 0 Å². The second-order valence-electron chi connectivity index (χ2n) is 5.43. The highest BCUT2D eigenvalue weighted by molar-refractivity contribution is 9.10. The summed E-state index contributed by atoms with van der Waals surface area (Å²) in [7, 11) is 1.97. The number of hydrogen-bond donors (Lipinski definition) is 1. The number of aromatic nitrogens is 3. The van der Waals surface area contributed by atoms with Crippen LogP contribution in [-0.2, 0) is 11.8 Å². The Morgan fingerprint density at radius 1 is 1.45 bits per heavy atom. The summed E-state index contributed by atoms with van der Waals surface area (Å²) >= 11 is 4.83. The standard InChI is InChI=1S/C15H17BrN4OS/c1-9(14(21)17-12-5-3-4-11(16)8-12)22-15-19-18-13(20(15)2)10-6-7-10/h3-5,8-10H,6-7H2,1-2H3,(H,17,21)/t9-/m1/s1. The molecule has 1 saturated carbocycles. The van der Waals surface area contributed by atoms with Crippen molar-refractivity contribution in [2.75, 3.05) is 5.32 Å². The van der Waals surface area contributed by atoms with Crippen LogP contribution in [0.2, 0.25) is 0 Å². The molecule has 1 aliphatic rings. The van der Waals surface area contributed by atoms with E-state index in [0.29, 0.717) is 5.92 Å². The molecule has 1 aromatic carbocycles. The van der Waals surface area contributed by atoms with Gasteiger partial charge in [-0.2, -0.15) is 0 Å². The summed E-state index contributed by atoms with van der Waals surface area (Å²) in [5.74, 6) is 1.54. The Morgan fingerprint density at radius 3 is 2.91 bits per heavy atom. The van der Waals surface area contributed by atoms with E-state index in [1.165, 1.54) is 24.6 Å². The summed E-state index contributed by atoms with van der Waals surface area (Å²) in [5.41, 5.74) is 0.781. The number of halogens is 1. The highest BCUT2D eigenvalue weighted by Gasteiger charge is 2.30. The number of benzene rings is 1. The van der Waals surface area contributed by atoms with E-state index in [2.05, 4.69) is 31.4 Å². The Balaban J connectivity index is 1.63. The zero-order valence-electron chi connectivity index (χ0n) is 12.4. The minimum atomic E-state index is -0.242. The maximum absolute atomic E-state index is 12.3. The van der Waals surface area contributed by atoms with E-state index < -0.39 is 0 Å². The van der Waals surface area contributed by atoms with E-state index in [0.717, 1.165) is 21.1 Å². The van der Waals surface area contributed by atoms with Crippen molar-refractivity contribution in [1.82, 2.24) is 14.8 Å². The molecule has 1 aliphatic carbocycles. The van der Waals surface area contributed by atoms with Gasteiger partial charge in [0.15, 0.2) is 5.16 Å². The van der Waals surface area contributed by atoms with Gasteiger partial charge in [0.2, 0.25) is 5.91 Å². The normalized spacial score (nSPS) is 15.6. The van der Waals surface area contributed by atoms with Gasteiger partial charge in [-0.25, -0.2) is 0 Å². The molecule has 3 rings (SSSR count). The van der Waals surface area contributed by atoms with Crippen molar-refractivity contribution in [3.63, 3.8) is 0 Å². The van der Waals surface area contributed by atoms with Crippen LogP contribution in [0.1, 0.15) is 31.5 Å². The third-order valence-corrected chi connectivity index (χ3v) is 5.18. The van der Waals surface area contributed by atoms with Crippen molar-refractivity contribution in [3.8, 4) is 0 Å². The first-order valence-electron chi connectivity index (χ1n) is 7.17. The lowest BCUT2D eigenvalue weighted by Crippen LogP contribution is -2.22. The van der Waals surface area contributed by atoms with Crippen LogP contribution in [0.15, 0.2) is 33.9 Å². The van der Waals surface area contributed by atoms with Gasteiger partial charge in [-0.1, -0.05) is 33.8 Å². The largest absolute Gasteiger partial charge is 0.325 e. The second kappa shape index (κ2) is 6.42. The number of anilines is 1. The lowest BCUT2D eigenvalue weighted by molar-refractivity contribution is -0.115. The van der Waals surface area contributed by atoms with Gasteiger partial charge in [-0.05, 0) is 38.0 Å². The van der Waals surface area contributed by atoms with Crippen LogP contribution in [0, 0.1) is 0 Å². The molecule has 1 heterocycles. The number of nitrogens with zero attached hydrogens (tertiary/aromatic N) is 3. The van der Waals surface area contributed by atoms with E-state index in [4.69, 9.17) is 0 Å². The van der Waals surface area contributed by atoms with Gasteiger partial charge in [0.25, 0.3) is 0 Å². The van der Waals surface area contributed by atoms with Crippen molar-refractivity contribution in [2.24, 2.45) is 7.05 Å². The number of rotatable bonds is 5. The number of carbonyl (C=O) groups is 1. The molecule has 116 valence electrons. The fraction of sp³-hybridized carbons (Fsp3) is 0.400. The first-order valence-corrected chi connectivity index (χ1v) is 8.84. The Kier molecular flexibility index (Phi) is 4.54. The van der Waals surface area contributed by atoms with Crippen LogP contribution < -0.4 is 5.32 Å². The number of thioether (sulfide) groups is 1. The van der Waals surface area contributed by atoms with Crippen LogP contribution in [-0.4, -0.2) is 25.9 Å². The molecule has 0 bridgehead atoms. The lowest BCUT2D eigenvalue weighted by atomic mass is 10.3. The fourth-order valence-electron chi connectivity index (χ4n) is 2.15. The van der Waals surface area contributed by atoms with E-state index in [-0.39, 0.29) is 11.2 Å². The van der Waals surface area contributed by atoms with Gasteiger partial charge >= 0.3 is 0 Å². The summed E-state index contributed by atoms with van der Waals surface area (Å²) < 4.78 is 2.94. The van der Waals surface area contributed by atoms with Crippen LogP contribution >= 0.6 is 27.7 Å². The molecule has 0 spiro atoms. The average Bonchev–Trinajstić information content (AvgIpc) is 3.25. The number of hydrogen-bond acceptors (Lipinski definition) is 4. The monoisotopic (exact) mass is 380 g/mol. The van der Waals surface area contributed by atoms with Crippen LogP contribution in [0.25, 0.3) is 0 Å². The highest BCUT2D eigenvalue weighted by atomic mass is 79.9. The van der Waals surface area contributed by atoms with Crippen molar-refractivity contribution < 1.29 is 4.79 Å². The molecular formula is C15H17BrN4OS. The zero-order valence-corrected chi connectivity index (χ0v) is 14.8. The van der Waals surface area contributed by atoms with Gasteiger partial charge in [-0.3, -0.25) is 4.79 Å². The predicted octanol–water partition coefficient (Wildman–Crippen LogP) is 3.57. The SMILES string of the molecule is C[C@@H](Sc1nnc(C2CC2)n1C)C(=O)Nc1cccc(Br)c1. The molecule has 0 aliphatic heterocycles. The Bertz CT molecular complexity index is 699. The van der Waals surface area contributed by atoms with Gasteiger partial charge in [-0.15, -0.1) is 10.2 Å². The molecular weight excluding hydrogens is 364 g/mol. The van der Waals surface area contributed by atoms with Gasteiger partial charge in [0, 0.05) is 23.1 Å². The van der Waals surface area contributed by atoms with Crippen molar-refractivity contribution >= 4 is 39.3 Å². The molecule has 1 N–H and O–H groups in total. The number of carbonyl (C=O) groups excluding carboxylic acids is 1. The van der Waals surface area contributed by atoms with Crippen LogP contribution in [0.4, 0.5) is 5.69 Å². The number of amides is 1.